The van der Waals surface area contributed by atoms with Crippen LogP contribution in [0.25, 0.3) is 22.7 Å². The molecule has 1 aromatic heterocycles. The van der Waals surface area contributed by atoms with Crippen molar-refractivity contribution in [2.75, 3.05) is 0 Å². The zero-order valence-corrected chi connectivity index (χ0v) is 16.3. The Bertz CT molecular complexity index is 1380. The smallest absolute Gasteiger partial charge is 0.318 e. The third-order valence-electron chi connectivity index (χ3n) is 4.53. The van der Waals surface area contributed by atoms with Crippen LogP contribution in [0.3, 0.4) is 0 Å². The van der Waals surface area contributed by atoms with E-state index in [1.165, 1.54) is 6.07 Å². The van der Waals surface area contributed by atoms with Crippen LogP contribution in [0.2, 0.25) is 0 Å². The number of aromatic nitrogens is 2. The van der Waals surface area contributed by atoms with Crippen LogP contribution in [0, 0.1) is 31.6 Å². The predicted octanol–water partition coefficient (Wildman–Crippen LogP) is 5.24. The van der Waals surface area contributed by atoms with E-state index in [-0.39, 0.29) is 5.75 Å². The first-order chi connectivity index (χ1) is 15.4. The van der Waals surface area contributed by atoms with Gasteiger partial charge in [-0.05, 0) is 42.0 Å². The van der Waals surface area contributed by atoms with Crippen molar-refractivity contribution in [3.8, 4) is 17.6 Å². The highest BCUT2D eigenvalue weighted by Gasteiger charge is 2.21. The summed E-state index contributed by atoms with van der Waals surface area (Å²) in [6, 6.07) is 19.2. The fraction of sp³-hybridized carbons (Fsp3) is 0. The molecule has 0 amide bonds. The topological polar surface area (TPSA) is 148 Å². The number of allylic oxidation sites excluding steroid dienone is 1. The number of nitriles is 1. The summed E-state index contributed by atoms with van der Waals surface area (Å²) in [5, 5.41) is 31.7. The maximum Gasteiger partial charge on any atom is 0.318 e. The second kappa shape index (κ2) is 8.37. The van der Waals surface area contributed by atoms with E-state index < -0.39 is 21.2 Å². The molecule has 4 aromatic rings. The third-order valence-corrected chi connectivity index (χ3v) is 4.53. The van der Waals surface area contributed by atoms with Crippen LogP contribution < -0.4 is 4.74 Å². The number of fused-ring (bicyclic) bond motifs is 1. The van der Waals surface area contributed by atoms with Crippen molar-refractivity contribution in [2.24, 2.45) is 0 Å². The zero-order chi connectivity index (χ0) is 22.7. The van der Waals surface area contributed by atoms with E-state index in [2.05, 4.69) is 16.0 Å². The average molecular weight is 427 g/mol. The standard InChI is InChI=1S/C22H13N5O5/c23-13-15(22-24-18-3-1-2-4-19(18)25-22)11-14-5-8-17(9-6-14)32-21-10-7-16(26(28)29)12-20(21)27(30)31/h1-12H,(H,24,25)/b15-11+. The number of para-hydroxylation sites is 2. The predicted molar refractivity (Wildman–Crippen MR) is 116 cm³/mol. The van der Waals surface area contributed by atoms with Gasteiger partial charge in [-0.1, -0.05) is 24.3 Å². The van der Waals surface area contributed by atoms with Crippen LogP contribution in [0.1, 0.15) is 11.4 Å². The third kappa shape index (κ3) is 4.12. The number of hydrogen-bond donors (Lipinski definition) is 1. The van der Waals surface area contributed by atoms with Gasteiger partial charge >= 0.3 is 5.69 Å². The molecular weight excluding hydrogens is 414 g/mol. The first kappa shape index (κ1) is 20.2. The molecule has 0 aliphatic heterocycles. The van der Waals surface area contributed by atoms with Crippen molar-refractivity contribution in [2.45, 2.75) is 0 Å². The number of nitro groups is 2. The Morgan fingerprint density at radius 1 is 1.03 bits per heavy atom. The number of aromatic amines is 1. The van der Waals surface area contributed by atoms with Gasteiger partial charge in [0.15, 0.2) is 0 Å². The van der Waals surface area contributed by atoms with Gasteiger partial charge in [0.1, 0.15) is 17.6 Å². The fourth-order valence-corrected chi connectivity index (χ4v) is 3.01. The molecule has 0 aliphatic carbocycles. The maximum absolute atomic E-state index is 11.3. The molecule has 4 rings (SSSR count). The van der Waals surface area contributed by atoms with Crippen LogP contribution >= 0.6 is 0 Å². The maximum atomic E-state index is 11.3. The molecule has 32 heavy (non-hydrogen) atoms. The van der Waals surface area contributed by atoms with Crippen molar-refractivity contribution in [3.05, 3.63) is 98.3 Å². The summed E-state index contributed by atoms with van der Waals surface area (Å²) in [5.41, 5.74) is 1.67. The van der Waals surface area contributed by atoms with Gasteiger partial charge in [-0.3, -0.25) is 20.2 Å². The number of nitro benzene ring substituents is 2. The van der Waals surface area contributed by atoms with Crippen LogP contribution in [0.4, 0.5) is 11.4 Å². The highest BCUT2D eigenvalue weighted by atomic mass is 16.6. The molecule has 0 fully saturated rings. The van der Waals surface area contributed by atoms with E-state index in [9.17, 15) is 25.5 Å². The highest BCUT2D eigenvalue weighted by molar-refractivity contribution is 5.90. The Balaban J connectivity index is 1.58. The second-order valence-corrected chi connectivity index (χ2v) is 6.61. The molecule has 1 heterocycles. The molecular formula is C22H13N5O5. The molecule has 0 aliphatic rings. The monoisotopic (exact) mass is 427 g/mol. The molecule has 156 valence electrons. The van der Waals surface area contributed by atoms with Gasteiger partial charge in [0, 0.05) is 6.07 Å². The molecule has 0 unspecified atom stereocenters. The Labute approximate surface area is 180 Å². The van der Waals surface area contributed by atoms with E-state index in [0.29, 0.717) is 22.7 Å². The van der Waals surface area contributed by atoms with Crippen LogP contribution in [0.15, 0.2) is 66.7 Å². The average Bonchev–Trinajstić information content (AvgIpc) is 3.22. The highest BCUT2D eigenvalue weighted by Crippen LogP contribution is 2.34. The Kier molecular flexibility index (Phi) is 5.29. The number of non-ortho nitro benzene ring substituents is 1. The number of nitrogens with zero attached hydrogens (tertiary/aromatic N) is 4. The Morgan fingerprint density at radius 2 is 1.78 bits per heavy atom. The lowest BCUT2D eigenvalue weighted by molar-refractivity contribution is -0.394. The lowest BCUT2D eigenvalue weighted by atomic mass is 10.1. The van der Waals surface area contributed by atoms with Gasteiger partial charge in [-0.25, -0.2) is 4.98 Å². The second-order valence-electron chi connectivity index (χ2n) is 6.61. The number of ether oxygens (including phenoxy) is 1. The van der Waals surface area contributed by atoms with Gasteiger partial charge in [0.2, 0.25) is 5.75 Å². The molecule has 0 saturated carbocycles. The number of benzene rings is 3. The van der Waals surface area contributed by atoms with Crippen molar-refractivity contribution >= 4 is 34.1 Å². The number of imidazole rings is 1. The van der Waals surface area contributed by atoms with Crippen molar-refractivity contribution in [3.63, 3.8) is 0 Å². The van der Waals surface area contributed by atoms with Gasteiger partial charge in [0.25, 0.3) is 5.69 Å². The summed E-state index contributed by atoms with van der Waals surface area (Å²) in [7, 11) is 0. The minimum atomic E-state index is -0.744. The molecule has 3 aromatic carbocycles. The van der Waals surface area contributed by atoms with Crippen LogP contribution in [-0.2, 0) is 0 Å². The van der Waals surface area contributed by atoms with Gasteiger partial charge < -0.3 is 9.72 Å². The first-order valence-corrected chi connectivity index (χ1v) is 9.22. The van der Waals surface area contributed by atoms with E-state index in [1.54, 1.807) is 30.3 Å². The molecule has 0 spiro atoms. The SMILES string of the molecule is N#C/C(=C\c1ccc(Oc2ccc([N+](=O)[O-])cc2[N+](=O)[O-])cc1)c1nc2ccccc2[nH]1. The Morgan fingerprint density at radius 3 is 2.44 bits per heavy atom. The Hall–Kier alpha value is -5.04. The number of hydrogen-bond acceptors (Lipinski definition) is 7. The van der Waals surface area contributed by atoms with Crippen molar-refractivity contribution < 1.29 is 14.6 Å². The number of nitrogens with one attached hydrogen (secondary N) is 1. The first-order valence-electron chi connectivity index (χ1n) is 9.22. The van der Waals surface area contributed by atoms with Crippen molar-refractivity contribution in [1.82, 2.24) is 9.97 Å². The van der Waals surface area contributed by atoms with Crippen LogP contribution in [-0.4, -0.2) is 19.8 Å². The summed E-state index contributed by atoms with van der Waals surface area (Å²) in [6.45, 7) is 0. The molecule has 10 heteroatoms. The van der Waals surface area contributed by atoms with E-state index in [0.717, 1.165) is 23.2 Å². The summed E-state index contributed by atoms with van der Waals surface area (Å²) in [5.74, 6) is 0.612. The number of rotatable bonds is 6. The zero-order valence-electron chi connectivity index (χ0n) is 16.3. The lowest BCUT2D eigenvalue weighted by Crippen LogP contribution is -1.96. The molecule has 0 atom stereocenters. The van der Waals surface area contributed by atoms with Gasteiger partial charge in [0.05, 0.1) is 32.5 Å². The van der Waals surface area contributed by atoms with Crippen molar-refractivity contribution in [1.29, 1.82) is 5.26 Å². The summed E-state index contributed by atoms with van der Waals surface area (Å²) in [6.07, 6.45) is 1.65. The minimum absolute atomic E-state index is 0.121. The number of H-pyrrole nitrogens is 1. The quantitative estimate of drug-likeness (QED) is 0.251. The van der Waals surface area contributed by atoms with E-state index in [4.69, 9.17) is 4.74 Å². The van der Waals surface area contributed by atoms with Gasteiger partial charge in [-0.2, -0.15) is 5.26 Å². The molecule has 0 saturated heterocycles. The van der Waals surface area contributed by atoms with E-state index >= 15 is 0 Å². The van der Waals surface area contributed by atoms with E-state index in [1.807, 2.05) is 24.3 Å². The lowest BCUT2D eigenvalue weighted by Gasteiger charge is -2.06. The molecule has 0 bridgehead atoms. The summed E-state index contributed by atoms with van der Waals surface area (Å²) in [4.78, 5) is 28.2. The van der Waals surface area contributed by atoms with Gasteiger partial charge in [-0.15, -0.1) is 0 Å². The largest absolute Gasteiger partial charge is 0.450 e. The minimum Gasteiger partial charge on any atom is -0.450 e. The summed E-state index contributed by atoms with van der Waals surface area (Å²) < 4.78 is 5.55. The van der Waals surface area contributed by atoms with Crippen LogP contribution in [0.5, 0.6) is 11.5 Å². The summed E-state index contributed by atoms with van der Waals surface area (Å²) >= 11 is 0. The molecule has 1 N–H and O–H groups in total. The molecule has 10 nitrogen and oxygen atoms in total. The molecule has 0 radical (unpaired) electrons. The fourth-order valence-electron chi connectivity index (χ4n) is 3.01. The normalized spacial score (nSPS) is 11.2.